The van der Waals surface area contributed by atoms with Crippen molar-refractivity contribution < 1.29 is 19.2 Å². The molecule has 0 aliphatic carbocycles. The molecule has 1 rings (SSSR count). The number of hydrogen-bond donors (Lipinski definition) is 1. The molecule has 0 spiro atoms. The van der Waals surface area contributed by atoms with E-state index < -0.39 is 16.4 Å². The van der Waals surface area contributed by atoms with Gasteiger partial charge in [-0.05, 0) is 25.3 Å². The summed E-state index contributed by atoms with van der Waals surface area (Å²) >= 11 is 0. The second-order valence-corrected chi connectivity index (χ2v) is 3.86. The van der Waals surface area contributed by atoms with E-state index >= 15 is 0 Å². The van der Waals surface area contributed by atoms with Crippen molar-refractivity contribution in [3.8, 4) is 5.75 Å². The second-order valence-electron chi connectivity index (χ2n) is 3.86. The van der Waals surface area contributed by atoms with E-state index in [-0.39, 0.29) is 6.61 Å². The summed E-state index contributed by atoms with van der Waals surface area (Å²) in [5, 5.41) is 19.0. The van der Waals surface area contributed by atoms with Crippen molar-refractivity contribution in [3.05, 3.63) is 34.1 Å². The Morgan fingerprint density at radius 2 is 2.00 bits per heavy atom. The van der Waals surface area contributed by atoms with Crippen molar-refractivity contribution in [2.24, 2.45) is 0 Å². The maximum atomic E-state index is 13.2. The Balaban J connectivity index is 2.35. The summed E-state index contributed by atoms with van der Waals surface area (Å²) in [5.41, 5.74) is -0.551. The number of hydrogen-bond acceptors (Lipinski definition) is 4. The van der Waals surface area contributed by atoms with Crippen molar-refractivity contribution in [3.63, 3.8) is 0 Å². The van der Waals surface area contributed by atoms with Gasteiger partial charge >= 0.3 is 5.69 Å². The van der Waals surface area contributed by atoms with Crippen molar-refractivity contribution in [1.82, 2.24) is 0 Å². The zero-order valence-corrected chi connectivity index (χ0v) is 9.97. The minimum atomic E-state index is -0.891. The van der Waals surface area contributed by atoms with Crippen LogP contribution < -0.4 is 4.74 Å². The van der Waals surface area contributed by atoms with Crippen LogP contribution in [0.3, 0.4) is 0 Å². The lowest BCUT2D eigenvalue weighted by atomic mass is 10.2. The molecule has 0 bridgehead atoms. The molecule has 5 nitrogen and oxygen atoms in total. The van der Waals surface area contributed by atoms with E-state index in [2.05, 4.69) is 0 Å². The summed E-state index contributed by atoms with van der Waals surface area (Å²) in [5.74, 6) is -0.599. The summed E-state index contributed by atoms with van der Waals surface area (Å²) in [4.78, 5) is 9.63. The van der Waals surface area contributed by atoms with Crippen LogP contribution in [0.4, 0.5) is 10.1 Å². The molecule has 18 heavy (non-hydrogen) atoms. The van der Waals surface area contributed by atoms with E-state index in [1.807, 2.05) is 0 Å². The van der Waals surface area contributed by atoms with E-state index in [0.29, 0.717) is 12.4 Å². The van der Waals surface area contributed by atoms with Gasteiger partial charge < -0.3 is 9.84 Å². The molecular formula is C12H16FNO4. The highest BCUT2D eigenvalue weighted by Gasteiger charge is 2.13. The lowest BCUT2D eigenvalue weighted by Gasteiger charge is -2.06. The average molecular weight is 257 g/mol. The third kappa shape index (κ3) is 4.67. The molecule has 0 unspecified atom stereocenters. The summed E-state index contributed by atoms with van der Waals surface area (Å²) in [6.07, 6.45) is 3.43. The van der Waals surface area contributed by atoms with Crippen molar-refractivity contribution in [2.45, 2.75) is 25.7 Å². The lowest BCUT2D eigenvalue weighted by molar-refractivity contribution is -0.387. The summed E-state index contributed by atoms with van der Waals surface area (Å²) in [6, 6.07) is 3.50. The first-order chi connectivity index (χ1) is 8.65. The molecule has 0 aliphatic rings. The topological polar surface area (TPSA) is 72.6 Å². The molecule has 0 aliphatic heterocycles. The first-order valence-electron chi connectivity index (χ1n) is 5.82. The van der Waals surface area contributed by atoms with Gasteiger partial charge in [0.25, 0.3) is 0 Å². The van der Waals surface area contributed by atoms with Crippen LogP contribution in [0.2, 0.25) is 0 Å². The van der Waals surface area contributed by atoms with Gasteiger partial charge in [0.1, 0.15) is 5.75 Å². The fourth-order valence-electron chi connectivity index (χ4n) is 1.48. The minimum absolute atomic E-state index is 0.189. The van der Waals surface area contributed by atoms with Crippen LogP contribution in [0.15, 0.2) is 18.2 Å². The highest BCUT2D eigenvalue weighted by molar-refractivity contribution is 5.37. The van der Waals surface area contributed by atoms with Gasteiger partial charge in [0.15, 0.2) is 0 Å². The maximum Gasteiger partial charge on any atom is 0.305 e. The second kappa shape index (κ2) is 7.60. The van der Waals surface area contributed by atoms with Crippen LogP contribution in [-0.2, 0) is 0 Å². The molecule has 0 amide bonds. The first-order valence-corrected chi connectivity index (χ1v) is 5.82. The Morgan fingerprint density at radius 1 is 1.28 bits per heavy atom. The first kappa shape index (κ1) is 14.4. The number of aliphatic hydroxyl groups excluding tert-OH is 1. The summed E-state index contributed by atoms with van der Waals surface area (Å²) in [7, 11) is 0. The molecule has 6 heteroatoms. The number of ether oxygens (including phenoxy) is 1. The Labute approximate surface area is 104 Å². The molecule has 0 heterocycles. The zero-order chi connectivity index (χ0) is 13.4. The van der Waals surface area contributed by atoms with Gasteiger partial charge in [0.05, 0.1) is 11.5 Å². The van der Waals surface area contributed by atoms with Gasteiger partial charge in [0, 0.05) is 18.7 Å². The number of nitro groups is 1. The maximum absolute atomic E-state index is 13.2. The van der Waals surface area contributed by atoms with E-state index in [9.17, 15) is 14.5 Å². The van der Waals surface area contributed by atoms with Gasteiger partial charge in [-0.3, -0.25) is 10.1 Å². The van der Waals surface area contributed by atoms with Crippen LogP contribution in [0.1, 0.15) is 25.7 Å². The third-order valence-corrected chi connectivity index (χ3v) is 2.44. The fraction of sp³-hybridized carbons (Fsp3) is 0.500. The number of nitro benzene ring substituents is 1. The Hall–Kier alpha value is -1.69. The molecule has 0 saturated heterocycles. The largest absolute Gasteiger partial charge is 0.493 e. The smallest absolute Gasteiger partial charge is 0.305 e. The molecule has 0 atom stereocenters. The van der Waals surface area contributed by atoms with Gasteiger partial charge in [-0.1, -0.05) is 6.42 Å². The van der Waals surface area contributed by atoms with Gasteiger partial charge in [-0.15, -0.1) is 0 Å². The molecule has 1 aromatic carbocycles. The van der Waals surface area contributed by atoms with Gasteiger partial charge in [-0.2, -0.15) is 4.39 Å². The molecular weight excluding hydrogens is 241 g/mol. The minimum Gasteiger partial charge on any atom is -0.493 e. The summed E-state index contributed by atoms with van der Waals surface area (Å²) < 4.78 is 18.5. The number of aliphatic hydroxyl groups is 1. The van der Waals surface area contributed by atoms with Crippen LogP contribution in [0.25, 0.3) is 0 Å². The SMILES string of the molecule is O=[N+]([O-])c1ccc(OCCCCCCO)cc1F. The summed E-state index contributed by atoms with van der Waals surface area (Å²) in [6.45, 7) is 0.622. The molecule has 0 aromatic heterocycles. The van der Waals surface area contributed by atoms with Crippen LogP contribution in [0.5, 0.6) is 5.75 Å². The molecule has 1 N–H and O–H groups in total. The monoisotopic (exact) mass is 257 g/mol. The zero-order valence-electron chi connectivity index (χ0n) is 9.97. The highest BCUT2D eigenvalue weighted by atomic mass is 19.1. The number of unbranched alkanes of at least 4 members (excludes halogenated alkanes) is 3. The predicted molar refractivity (Wildman–Crippen MR) is 64.1 cm³/mol. The number of rotatable bonds is 8. The van der Waals surface area contributed by atoms with E-state index in [1.165, 1.54) is 6.07 Å². The van der Waals surface area contributed by atoms with Gasteiger partial charge in [-0.25, -0.2) is 0 Å². The standard InChI is InChI=1S/C12H16FNO4/c13-11-9-10(5-6-12(11)14(16)17)18-8-4-2-1-3-7-15/h5-6,9,15H,1-4,7-8H2. The van der Waals surface area contributed by atoms with E-state index in [1.54, 1.807) is 0 Å². The van der Waals surface area contributed by atoms with Crippen molar-refractivity contribution in [1.29, 1.82) is 0 Å². The highest BCUT2D eigenvalue weighted by Crippen LogP contribution is 2.22. The molecule has 0 radical (unpaired) electrons. The van der Waals surface area contributed by atoms with Crippen LogP contribution in [0, 0.1) is 15.9 Å². The fourth-order valence-corrected chi connectivity index (χ4v) is 1.48. The third-order valence-electron chi connectivity index (χ3n) is 2.44. The average Bonchev–Trinajstić information content (AvgIpc) is 2.33. The number of halogens is 1. The quantitative estimate of drug-likeness (QED) is 0.441. The Bertz CT molecular complexity index is 398. The lowest BCUT2D eigenvalue weighted by Crippen LogP contribution is -1.99. The van der Waals surface area contributed by atoms with E-state index in [4.69, 9.17) is 9.84 Å². The molecule has 0 fully saturated rings. The number of nitrogens with zero attached hydrogens (tertiary/aromatic N) is 1. The molecule has 100 valence electrons. The van der Waals surface area contributed by atoms with Crippen molar-refractivity contribution in [2.75, 3.05) is 13.2 Å². The Kier molecular flexibility index (Phi) is 6.07. The number of benzene rings is 1. The van der Waals surface area contributed by atoms with Crippen LogP contribution in [-0.4, -0.2) is 23.2 Å². The van der Waals surface area contributed by atoms with Gasteiger partial charge in [0.2, 0.25) is 5.82 Å². The van der Waals surface area contributed by atoms with E-state index in [0.717, 1.165) is 37.8 Å². The molecule has 0 saturated carbocycles. The molecule has 1 aromatic rings. The Morgan fingerprint density at radius 3 is 2.61 bits per heavy atom. The normalized spacial score (nSPS) is 10.3. The van der Waals surface area contributed by atoms with Crippen molar-refractivity contribution >= 4 is 5.69 Å². The predicted octanol–water partition coefficient (Wildman–Crippen LogP) is 2.67. The van der Waals surface area contributed by atoms with Crippen LogP contribution >= 0.6 is 0 Å².